The molecule has 2 rings (SSSR count). The van der Waals surface area contributed by atoms with Gasteiger partial charge in [-0.1, -0.05) is 0 Å². The van der Waals surface area contributed by atoms with Crippen molar-refractivity contribution in [1.82, 2.24) is 9.97 Å². The number of pyridine rings is 1. The molecule has 2 heterocycles. The Labute approximate surface area is 172 Å². The molecule has 27 heavy (non-hydrogen) atoms. The summed E-state index contributed by atoms with van der Waals surface area (Å²) in [7, 11) is 0. The van der Waals surface area contributed by atoms with E-state index >= 15 is 0 Å². The van der Waals surface area contributed by atoms with Crippen molar-refractivity contribution in [1.29, 1.82) is 0 Å². The maximum atomic E-state index is 12.4. The Kier molecular flexibility index (Phi) is 9.76. The third-order valence-electron chi connectivity index (χ3n) is 5.22. The zero-order valence-corrected chi connectivity index (χ0v) is 20.6. The van der Waals surface area contributed by atoms with Gasteiger partial charge in [-0.05, 0) is 0 Å². The van der Waals surface area contributed by atoms with E-state index in [2.05, 4.69) is 42.3 Å². The minimum atomic E-state index is -2.45. The van der Waals surface area contributed by atoms with Crippen LogP contribution in [0.25, 0.3) is 0 Å². The minimum absolute atomic E-state index is 0.102. The molecule has 1 amide bonds. The molecule has 148 valence electrons. The van der Waals surface area contributed by atoms with Crippen molar-refractivity contribution in [2.24, 2.45) is 0 Å². The summed E-state index contributed by atoms with van der Waals surface area (Å²) in [5.41, 5.74) is 0.625. The van der Waals surface area contributed by atoms with Crippen LogP contribution in [0.1, 0.15) is 69.7 Å². The van der Waals surface area contributed by atoms with Crippen LogP contribution in [0.3, 0.4) is 0 Å². The second-order valence-electron chi connectivity index (χ2n) is 7.31. The molecule has 2 aromatic rings. The molecule has 0 spiro atoms. The molecule has 4 nitrogen and oxygen atoms in total. The Balaban J connectivity index is 2.20. The molecule has 0 aromatic carbocycles. The van der Waals surface area contributed by atoms with Crippen molar-refractivity contribution in [2.75, 3.05) is 5.32 Å². The Bertz CT molecular complexity index is 668. The van der Waals surface area contributed by atoms with Gasteiger partial charge in [0, 0.05) is 0 Å². The SMILES string of the molecule is CCC[CH2][Sn]([CH2]CCC)([CH2]CCC)[c]1cnc(NC(=O)c2ccncc2)s1. The second-order valence-corrected chi connectivity index (χ2v) is 22.5. The molecular weight excluding hydrogens is 461 g/mol. The molecule has 0 bridgehead atoms. The van der Waals surface area contributed by atoms with Gasteiger partial charge in [0.05, 0.1) is 0 Å². The number of thiazole rings is 1. The standard InChI is InChI=1S/C9H6N3OS.3C4H9.Sn/c13-8(7-1-3-10-4-2-7)12-9-11-5-6-14-9;3*1-3-4-2;/h1-5H,(H,11,12,13);3*1,3-4H2,2H3;. The first-order valence-electron chi connectivity index (χ1n) is 10.3. The van der Waals surface area contributed by atoms with Crippen LogP contribution in [-0.2, 0) is 0 Å². The van der Waals surface area contributed by atoms with Crippen molar-refractivity contribution >= 4 is 43.6 Å². The fourth-order valence-electron chi connectivity index (χ4n) is 3.54. The van der Waals surface area contributed by atoms with E-state index in [-0.39, 0.29) is 5.91 Å². The van der Waals surface area contributed by atoms with E-state index in [1.54, 1.807) is 38.8 Å². The predicted molar refractivity (Wildman–Crippen MR) is 119 cm³/mol. The number of anilines is 1. The summed E-state index contributed by atoms with van der Waals surface area (Å²) in [6, 6.07) is 3.47. The summed E-state index contributed by atoms with van der Waals surface area (Å²) in [6.07, 6.45) is 13.2. The topological polar surface area (TPSA) is 54.9 Å². The van der Waals surface area contributed by atoms with Gasteiger partial charge in [-0.2, -0.15) is 0 Å². The van der Waals surface area contributed by atoms with E-state index < -0.39 is 18.4 Å². The molecule has 0 saturated heterocycles. The number of carbonyl (C=O) groups excluding carboxylic acids is 1. The number of hydrogen-bond acceptors (Lipinski definition) is 4. The summed E-state index contributed by atoms with van der Waals surface area (Å²) in [6.45, 7) is 6.88. The maximum absolute atomic E-state index is 12.4. The Morgan fingerprint density at radius 3 is 2.07 bits per heavy atom. The Hall–Kier alpha value is -0.951. The van der Waals surface area contributed by atoms with Crippen LogP contribution in [0.15, 0.2) is 30.7 Å². The summed E-state index contributed by atoms with van der Waals surface area (Å²) in [4.78, 5) is 21.0. The van der Waals surface area contributed by atoms with E-state index in [0.29, 0.717) is 5.56 Å². The zero-order chi connectivity index (χ0) is 19.5. The van der Waals surface area contributed by atoms with Gasteiger partial charge in [0.25, 0.3) is 0 Å². The summed E-state index contributed by atoms with van der Waals surface area (Å²) in [5, 5.41) is 3.74. The fraction of sp³-hybridized carbons (Fsp3) is 0.571. The molecule has 2 aromatic heterocycles. The number of amides is 1. The van der Waals surface area contributed by atoms with Crippen molar-refractivity contribution in [2.45, 2.75) is 72.6 Å². The second kappa shape index (κ2) is 11.8. The molecule has 6 heteroatoms. The Morgan fingerprint density at radius 1 is 1.00 bits per heavy atom. The van der Waals surface area contributed by atoms with Gasteiger partial charge < -0.3 is 0 Å². The predicted octanol–water partition coefficient (Wildman–Crippen LogP) is 5.85. The number of carbonyl (C=O) groups is 1. The molecule has 0 aliphatic rings. The first-order valence-corrected chi connectivity index (χ1v) is 18.6. The van der Waals surface area contributed by atoms with Crippen LogP contribution in [0.4, 0.5) is 5.13 Å². The molecule has 0 unspecified atom stereocenters. The van der Waals surface area contributed by atoms with Crippen LogP contribution < -0.4 is 8.21 Å². The van der Waals surface area contributed by atoms with Gasteiger partial charge >= 0.3 is 173 Å². The molecule has 1 N–H and O–H groups in total. The molecule has 0 aliphatic heterocycles. The van der Waals surface area contributed by atoms with Crippen LogP contribution in [0.5, 0.6) is 0 Å². The fourth-order valence-corrected chi connectivity index (χ4v) is 23.1. The Morgan fingerprint density at radius 2 is 1.56 bits per heavy atom. The van der Waals surface area contributed by atoms with Crippen LogP contribution in [0.2, 0.25) is 13.3 Å². The number of nitrogens with zero attached hydrogens (tertiary/aromatic N) is 2. The van der Waals surface area contributed by atoms with Crippen molar-refractivity contribution < 1.29 is 4.79 Å². The number of rotatable bonds is 12. The molecule has 0 saturated carbocycles. The average Bonchev–Trinajstić information content (AvgIpc) is 3.17. The number of hydrogen-bond donors (Lipinski definition) is 1. The van der Waals surface area contributed by atoms with E-state index in [4.69, 9.17) is 0 Å². The zero-order valence-electron chi connectivity index (χ0n) is 17.0. The number of aromatic nitrogens is 2. The van der Waals surface area contributed by atoms with E-state index in [0.717, 1.165) is 5.13 Å². The van der Waals surface area contributed by atoms with Gasteiger partial charge in [-0.3, -0.25) is 0 Å². The van der Waals surface area contributed by atoms with E-state index in [9.17, 15) is 4.79 Å². The number of nitrogens with one attached hydrogen (secondary N) is 1. The van der Waals surface area contributed by atoms with Crippen LogP contribution >= 0.6 is 11.3 Å². The number of unbranched alkanes of at least 4 members (excludes halogenated alkanes) is 3. The monoisotopic (exact) mass is 495 g/mol. The first kappa shape index (κ1) is 22.3. The van der Waals surface area contributed by atoms with Gasteiger partial charge in [0.2, 0.25) is 0 Å². The third-order valence-corrected chi connectivity index (χ3v) is 24.3. The van der Waals surface area contributed by atoms with E-state index in [1.807, 2.05) is 0 Å². The van der Waals surface area contributed by atoms with Gasteiger partial charge in [0.1, 0.15) is 0 Å². The summed E-state index contributed by atoms with van der Waals surface area (Å²) in [5.74, 6) is -0.102. The first-order chi connectivity index (χ1) is 13.1. The molecule has 0 aliphatic carbocycles. The average molecular weight is 494 g/mol. The van der Waals surface area contributed by atoms with E-state index in [1.165, 1.54) is 51.8 Å². The van der Waals surface area contributed by atoms with Crippen LogP contribution in [-0.4, -0.2) is 34.3 Å². The third kappa shape index (κ3) is 6.56. The molecular formula is C21H33N3OSSn. The quantitative estimate of drug-likeness (QED) is 0.377. The van der Waals surface area contributed by atoms with Crippen LogP contribution in [0, 0.1) is 0 Å². The summed E-state index contributed by atoms with van der Waals surface area (Å²) < 4.78 is 5.81. The summed E-state index contributed by atoms with van der Waals surface area (Å²) >= 11 is -0.700. The van der Waals surface area contributed by atoms with Crippen molar-refractivity contribution in [3.8, 4) is 0 Å². The van der Waals surface area contributed by atoms with Crippen molar-refractivity contribution in [3.63, 3.8) is 0 Å². The van der Waals surface area contributed by atoms with Gasteiger partial charge in [0.15, 0.2) is 0 Å². The van der Waals surface area contributed by atoms with Crippen molar-refractivity contribution in [3.05, 3.63) is 36.3 Å². The normalized spacial score (nSPS) is 11.5. The molecule has 0 fully saturated rings. The van der Waals surface area contributed by atoms with Gasteiger partial charge in [-0.25, -0.2) is 0 Å². The molecule has 0 radical (unpaired) electrons. The van der Waals surface area contributed by atoms with Gasteiger partial charge in [-0.15, -0.1) is 0 Å². The molecule has 0 atom stereocenters.